The van der Waals surface area contributed by atoms with Crippen LogP contribution in [0.2, 0.25) is 5.02 Å². The summed E-state index contributed by atoms with van der Waals surface area (Å²) < 4.78 is 0. The molecule has 3 nitrogen and oxygen atoms in total. The van der Waals surface area contributed by atoms with Crippen LogP contribution in [-0.2, 0) is 11.3 Å². The summed E-state index contributed by atoms with van der Waals surface area (Å²) >= 11 is 6.03. The minimum absolute atomic E-state index is 0. The van der Waals surface area contributed by atoms with Crippen LogP contribution in [0.25, 0.3) is 0 Å². The Hall–Kier alpha value is -0.770. The van der Waals surface area contributed by atoms with Gasteiger partial charge in [-0.2, -0.15) is 0 Å². The molecule has 0 spiro atoms. The fourth-order valence-corrected chi connectivity index (χ4v) is 1.59. The minimum atomic E-state index is 0. The number of hydrogen-bond acceptors (Lipinski definition) is 2. The molecule has 0 radical (unpaired) electrons. The third-order valence-electron chi connectivity index (χ3n) is 2.38. The normalized spacial score (nSPS) is 9.59. The lowest BCUT2D eigenvalue weighted by atomic mass is 10.2. The molecule has 0 heterocycles. The Morgan fingerprint density at radius 2 is 2.06 bits per heavy atom. The summed E-state index contributed by atoms with van der Waals surface area (Å²) in [5.74, 6) is 0.120. The fourth-order valence-electron chi connectivity index (χ4n) is 1.39. The number of carbonyl (C=O) groups excluding carboxylic acids is 1. The summed E-state index contributed by atoms with van der Waals surface area (Å²) in [6, 6.07) is 7.58. The average molecular weight is 277 g/mol. The number of benzene rings is 1. The first-order chi connectivity index (χ1) is 7.65. The second-order valence-electron chi connectivity index (χ2n) is 3.69. The lowest BCUT2D eigenvalue weighted by Gasteiger charge is -2.17. The summed E-state index contributed by atoms with van der Waals surface area (Å²) in [4.78, 5) is 13.4. The van der Waals surface area contributed by atoms with Gasteiger partial charge in [0.2, 0.25) is 5.91 Å². The topological polar surface area (TPSA) is 32.3 Å². The molecule has 5 heteroatoms. The van der Waals surface area contributed by atoms with Crippen molar-refractivity contribution in [2.24, 2.45) is 0 Å². The van der Waals surface area contributed by atoms with E-state index in [1.165, 1.54) is 0 Å². The number of nitrogens with one attached hydrogen (secondary N) is 1. The van der Waals surface area contributed by atoms with E-state index in [0.29, 0.717) is 24.5 Å². The summed E-state index contributed by atoms with van der Waals surface area (Å²) in [5.41, 5.74) is 0.976. The van der Waals surface area contributed by atoms with Crippen LogP contribution in [0.5, 0.6) is 0 Å². The molecule has 0 aliphatic rings. The van der Waals surface area contributed by atoms with Gasteiger partial charge in [-0.25, -0.2) is 0 Å². The van der Waals surface area contributed by atoms with Crippen LogP contribution < -0.4 is 5.32 Å². The van der Waals surface area contributed by atoms with Crippen molar-refractivity contribution < 1.29 is 4.79 Å². The number of amides is 1. The second-order valence-corrected chi connectivity index (χ2v) is 4.10. The number of hydrogen-bond donors (Lipinski definition) is 1. The van der Waals surface area contributed by atoms with Gasteiger partial charge in [-0.3, -0.25) is 4.79 Å². The summed E-state index contributed by atoms with van der Waals surface area (Å²) in [6.07, 6.45) is 0.511. The van der Waals surface area contributed by atoms with E-state index in [-0.39, 0.29) is 18.3 Å². The maximum Gasteiger partial charge on any atom is 0.223 e. The highest BCUT2D eigenvalue weighted by molar-refractivity contribution is 6.31. The Morgan fingerprint density at radius 3 is 2.65 bits per heavy atom. The Kier molecular flexibility index (Phi) is 7.96. The van der Waals surface area contributed by atoms with Gasteiger partial charge < -0.3 is 10.2 Å². The van der Waals surface area contributed by atoms with Crippen molar-refractivity contribution in [3.8, 4) is 0 Å². The molecule has 0 saturated carbocycles. The largest absolute Gasteiger partial charge is 0.341 e. The van der Waals surface area contributed by atoms with Crippen LogP contribution >= 0.6 is 24.0 Å². The number of nitrogens with zero attached hydrogens (tertiary/aromatic N) is 1. The zero-order valence-electron chi connectivity index (χ0n) is 10.1. The molecule has 1 aromatic rings. The lowest BCUT2D eigenvalue weighted by Crippen LogP contribution is -2.28. The molecule has 0 aromatic heterocycles. The molecular weight excluding hydrogens is 259 g/mol. The summed E-state index contributed by atoms with van der Waals surface area (Å²) in [6.45, 7) is 1.26. The van der Waals surface area contributed by atoms with E-state index in [1.54, 1.807) is 11.9 Å². The highest BCUT2D eigenvalue weighted by atomic mass is 35.5. The van der Waals surface area contributed by atoms with Crippen molar-refractivity contribution in [3.63, 3.8) is 0 Å². The van der Waals surface area contributed by atoms with Gasteiger partial charge >= 0.3 is 0 Å². The Balaban J connectivity index is 0.00000256. The first kappa shape index (κ1) is 16.2. The maximum absolute atomic E-state index is 11.7. The van der Waals surface area contributed by atoms with Gasteiger partial charge in [-0.15, -0.1) is 12.4 Å². The molecule has 0 atom stereocenters. The van der Waals surface area contributed by atoms with Crippen molar-refractivity contribution >= 4 is 29.9 Å². The van der Waals surface area contributed by atoms with Gasteiger partial charge in [-0.05, 0) is 18.7 Å². The molecule has 0 aliphatic carbocycles. The highest BCUT2D eigenvalue weighted by Crippen LogP contribution is 2.16. The molecule has 0 saturated heterocycles. The molecule has 0 bridgehead atoms. The van der Waals surface area contributed by atoms with E-state index in [9.17, 15) is 4.79 Å². The first-order valence-corrected chi connectivity index (χ1v) is 5.65. The van der Waals surface area contributed by atoms with Gasteiger partial charge in [0, 0.05) is 31.6 Å². The first-order valence-electron chi connectivity index (χ1n) is 5.27. The van der Waals surface area contributed by atoms with Gasteiger partial charge in [0.1, 0.15) is 0 Å². The van der Waals surface area contributed by atoms with E-state index < -0.39 is 0 Å². The van der Waals surface area contributed by atoms with Crippen LogP contribution in [0.1, 0.15) is 12.0 Å². The maximum atomic E-state index is 11.7. The Morgan fingerprint density at radius 1 is 1.41 bits per heavy atom. The van der Waals surface area contributed by atoms with E-state index in [4.69, 9.17) is 11.6 Å². The monoisotopic (exact) mass is 276 g/mol. The zero-order chi connectivity index (χ0) is 12.0. The van der Waals surface area contributed by atoms with Crippen molar-refractivity contribution in [1.82, 2.24) is 10.2 Å². The number of carbonyl (C=O) groups is 1. The number of rotatable bonds is 5. The lowest BCUT2D eigenvalue weighted by molar-refractivity contribution is -0.130. The molecule has 1 rings (SSSR count). The molecule has 0 fully saturated rings. The molecule has 0 unspecified atom stereocenters. The van der Waals surface area contributed by atoms with Gasteiger partial charge in [-0.1, -0.05) is 29.8 Å². The Bertz CT molecular complexity index is 358. The van der Waals surface area contributed by atoms with Crippen LogP contribution in [0.4, 0.5) is 0 Å². The molecule has 96 valence electrons. The van der Waals surface area contributed by atoms with E-state index in [2.05, 4.69) is 5.32 Å². The fraction of sp³-hybridized carbons (Fsp3) is 0.417. The minimum Gasteiger partial charge on any atom is -0.341 e. The van der Waals surface area contributed by atoms with Gasteiger partial charge in [0.15, 0.2) is 0 Å². The molecule has 17 heavy (non-hydrogen) atoms. The molecule has 0 aliphatic heterocycles. The quantitative estimate of drug-likeness (QED) is 0.896. The third kappa shape index (κ3) is 5.39. The van der Waals surface area contributed by atoms with Crippen molar-refractivity contribution in [1.29, 1.82) is 0 Å². The van der Waals surface area contributed by atoms with Gasteiger partial charge in [0.25, 0.3) is 0 Å². The third-order valence-corrected chi connectivity index (χ3v) is 2.75. The van der Waals surface area contributed by atoms with Crippen LogP contribution in [0.3, 0.4) is 0 Å². The predicted octanol–water partition coefficient (Wildman–Crippen LogP) is 2.33. The molecule has 1 N–H and O–H groups in total. The molecule has 1 aromatic carbocycles. The van der Waals surface area contributed by atoms with Crippen LogP contribution in [0.15, 0.2) is 24.3 Å². The van der Waals surface area contributed by atoms with Gasteiger partial charge in [0.05, 0.1) is 0 Å². The smallest absolute Gasteiger partial charge is 0.223 e. The molecule has 1 amide bonds. The van der Waals surface area contributed by atoms with Crippen LogP contribution in [0, 0.1) is 0 Å². The van der Waals surface area contributed by atoms with Crippen molar-refractivity contribution in [2.75, 3.05) is 20.6 Å². The zero-order valence-corrected chi connectivity index (χ0v) is 11.6. The summed E-state index contributed by atoms with van der Waals surface area (Å²) in [5, 5.41) is 3.66. The predicted molar refractivity (Wildman–Crippen MR) is 73.7 cm³/mol. The summed E-state index contributed by atoms with van der Waals surface area (Å²) in [7, 11) is 3.63. The van der Waals surface area contributed by atoms with Crippen molar-refractivity contribution in [3.05, 3.63) is 34.9 Å². The van der Waals surface area contributed by atoms with Crippen LogP contribution in [-0.4, -0.2) is 31.4 Å². The highest BCUT2D eigenvalue weighted by Gasteiger charge is 2.09. The van der Waals surface area contributed by atoms with Crippen molar-refractivity contribution in [2.45, 2.75) is 13.0 Å². The van der Waals surface area contributed by atoms with E-state index >= 15 is 0 Å². The second kappa shape index (κ2) is 8.34. The number of halogens is 2. The average Bonchev–Trinajstić information content (AvgIpc) is 2.28. The Labute approximate surface area is 114 Å². The standard InChI is InChI=1S/C12H17ClN2O.ClH/c1-14-8-7-12(16)15(2)9-10-5-3-4-6-11(10)13;/h3-6,14H,7-9H2,1-2H3;1H. The van der Waals surface area contributed by atoms with E-state index in [1.807, 2.05) is 31.3 Å². The molecular formula is C12H18Cl2N2O. The van der Waals surface area contributed by atoms with E-state index in [0.717, 1.165) is 5.56 Å². The SMILES string of the molecule is CNCCC(=O)N(C)Cc1ccccc1Cl.Cl.